The van der Waals surface area contributed by atoms with Crippen LogP contribution >= 0.6 is 11.8 Å². The zero-order valence-corrected chi connectivity index (χ0v) is 12.4. The van der Waals surface area contributed by atoms with Crippen molar-refractivity contribution in [3.8, 4) is 0 Å². The molecule has 0 aromatic heterocycles. The number of aryl methyl sites for hydroxylation is 1. The predicted octanol–water partition coefficient (Wildman–Crippen LogP) is 2.98. The van der Waals surface area contributed by atoms with Gasteiger partial charge < -0.3 is 11.1 Å². The normalized spacial score (nSPS) is 22.4. The molecule has 2 rings (SSSR count). The van der Waals surface area contributed by atoms with Crippen molar-refractivity contribution in [1.29, 1.82) is 0 Å². The molecule has 3 nitrogen and oxygen atoms in total. The summed E-state index contributed by atoms with van der Waals surface area (Å²) in [5, 5.41) is 3.81. The van der Waals surface area contributed by atoms with Crippen LogP contribution in [0.1, 0.15) is 42.1 Å². The molecule has 1 aromatic rings. The van der Waals surface area contributed by atoms with E-state index in [1.54, 1.807) is 0 Å². The summed E-state index contributed by atoms with van der Waals surface area (Å²) in [5.41, 5.74) is 8.14. The second-order valence-corrected chi connectivity index (χ2v) is 6.73. The lowest BCUT2D eigenvalue weighted by molar-refractivity contribution is 0.0939. The minimum Gasteiger partial charge on any atom is -0.398 e. The van der Waals surface area contributed by atoms with Gasteiger partial charge in [0.1, 0.15) is 0 Å². The van der Waals surface area contributed by atoms with E-state index in [2.05, 4.69) is 12.2 Å². The standard InChI is InChI=1S/C15H22N2OS/c1-3-19-12-6-5-11(9-12)17-15(18)13-7-4-10(2)8-14(13)16/h4,7-8,11-12H,3,5-6,9,16H2,1-2H3,(H,17,18). The first-order valence-corrected chi connectivity index (χ1v) is 7.93. The average molecular weight is 278 g/mol. The molecule has 1 aliphatic rings. The third-order valence-corrected chi connectivity index (χ3v) is 4.81. The van der Waals surface area contributed by atoms with E-state index in [-0.39, 0.29) is 5.91 Å². The number of thioether (sulfide) groups is 1. The van der Waals surface area contributed by atoms with Gasteiger partial charge in [-0.3, -0.25) is 4.79 Å². The van der Waals surface area contributed by atoms with Crippen molar-refractivity contribution in [3.05, 3.63) is 29.3 Å². The molecule has 2 atom stereocenters. The Labute approximate surface area is 119 Å². The fourth-order valence-electron chi connectivity index (χ4n) is 2.61. The van der Waals surface area contributed by atoms with E-state index in [9.17, 15) is 4.79 Å². The number of nitrogen functional groups attached to an aromatic ring is 1. The molecule has 4 heteroatoms. The molecule has 104 valence electrons. The molecule has 0 bridgehead atoms. The number of hydrogen-bond donors (Lipinski definition) is 2. The second kappa shape index (κ2) is 6.33. The molecular formula is C15H22N2OS. The molecule has 3 N–H and O–H groups in total. The van der Waals surface area contributed by atoms with Crippen molar-refractivity contribution in [2.45, 2.75) is 44.4 Å². The van der Waals surface area contributed by atoms with Crippen molar-refractivity contribution in [1.82, 2.24) is 5.32 Å². The lowest BCUT2D eigenvalue weighted by Gasteiger charge is -2.14. The number of benzene rings is 1. The number of hydrogen-bond acceptors (Lipinski definition) is 3. The van der Waals surface area contributed by atoms with Crippen LogP contribution in [0.3, 0.4) is 0 Å². The Balaban J connectivity index is 1.94. The van der Waals surface area contributed by atoms with Gasteiger partial charge >= 0.3 is 0 Å². The topological polar surface area (TPSA) is 55.1 Å². The zero-order chi connectivity index (χ0) is 13.8. The molecular weight excluding hydrogens is 256 g/mol. The third-order valence-electron chi connectivity index (χ3n) is 3.57. The van der Waals surface area contributed by atoms with Gasteiger partial charge in [-0.05, 0) is 49.6 Å². The van der Waals surface area contributed by atoms with Crippen LogP contribution in [-0.4, -0.2) is 23.0 Å². The van der Waals surface area contributed by atoms with Gasteiger partial charge in [-0.1, -0.05) is 13.0 Å². The summed E-state index contributed by atoms with van der Waals surface area (Å²) < 4.78 is 0. The smallest absolute Gasteiger partial charge is 0.253 e. The maximum absolute atomic E-state index is 12.2. The largest absolute Gasteiger partial charge is 0.398 e. The van der Waals surface area contributed by atoms with Crippen molar-refractivity contribution in [2.75, 3.05) is 11.5 Å². The number of rotatable bonds is 4. The highest BCUT2D eigenvalue weighted by molar-refractivity contribution is 7.99. The van der Waals surface area contributed by atoms with Crippen LogP contribution in [0.5, 0.6) is 0 Å². The van der Waals surface area contributed by atoms with Gasteiger partial charge in [0.05, 0.1) is 5.56 Å². The number of nitrogens with one attached hydrogen (secondary N) is 1. The third kappa shape index (κ3) is 3.66. The highest BCUT2D eigenvalue weighted by atomic mass is 32.2. The molecule has 1 saturated carbocycles. The highest BCUT2D eigenvalue weighted by Crippen LogP contribution is 2.30. The van der Waals surface area contributed by atoms with Crippen LogP contribution < -0.4 is 11.1 Å². The van der Waals surface area contributed by atoms with Crippen LogP contribution in [0, 0.1) is 6.92 Å². The maximum atomic E-state index is 12.2. The van der Waals surface area contributed by atoms with E-state index in [0.717, 1.165) is 24.2 Å². The van der Waals surface area contributed by atoms with Gasteiger partial charge in [-0.2, -0.15) is 11.8 Å². The minimum atomic E-state index is -0.0374. The van der Waals surface area contributed by atoms with Crippen molar-refractivity contribution in [2.24, 2.45) is 0 Å². The van der Waals surface area contributed by atoms with Crippen LogP contribution in [0.25, 0.3) is 0 Å². The molecule has 1 aliphatic carbocycles. The van der Waals surface area contributed by atoms with Crippen molar-refractivity contribution < 1.29 is 4.79 Å². The summed E-state index contributed by atoms with van der Waals surface area (Å²) in [4.78, 5) is 12.2. The fraction of sp³-hybridized carbons (Fsp3) is 0.533. The number of nitrogens with two attached hydrogens (primary N) is 1. The second-order valence-electron chi connectivity index (χ2n) is 5.15. The zero-order valence-electron chi connectivity index (χ0n) is 11.6. The molecule has 1 amide bonds. The molecule has 0 aliphatic heterocycles. The molecule has 0 saturated heterocycles. The van der Waals surface area contributed by atoms with Crippen LogP contribution in [-0.2, 0) is 0 Å². The van der Waals surface area contributed by atoms with E-state index in [1.165, 1.54) is 6.42 Å². The van der Waals surface area contributed by atoms with Crippen LogP contribution in [0.15, 0.2) is 18.2 Å². The van der Waals surface area contributed by atoms with Crippen molar-refractivity contribution in [3.63, 3.8) is 0 Å². The summed E-state index contributed by atoms with van der Waals surface area (Å²) in [6.45, 7) is 4.16. The van der Waals surface area contributed by atoms with Gasteiger partial charge in [-0.15, -0.1) is 0 Å². The minimum absolute atomic E-state index is 0.0374. The van der Waals surface area contributed by atoms with Crippen molar-refractivity contribution >= 4 is 23.4 Å². The van der Waals surface area contributed by atoms with Crippen LogP contribution in [0.2, 0.25) is 0 Å². The molecule has 0 heterocycles. The first-order valence-electron chi connectivity index (χ1n) is 6.88. The van der Waals surface area contributed by atoms with Crippen LogP contribution in [0.4, 0.5) is 5.69 Å². The fourth-order valence-corrected chi connectivity index (χ4v) is 3.75. The SMILES string of the molecule is CCSC1CCC(NC(=O)c2ccc(C)cc2N)C1. The first kappa shape index (κ1) is 14.3. The van der Waals surface area contributed by atoms with E-state index < -0.39 is 0 Å². The molecule has 1 fully saturated rings. The van der Waals surface area contributed by atoms with E-state index in [1.807, 2.05) is 36.9 Å². The lowest BCUT2D eigenvalue weighted by Crippen LogP contribution is -2.33. The lowest BCUT2D eigenvalue weighted by atomic mass is 10.1. The van der Waals surface area contributed by atoms with E-state index in [0.29, 0.717) is 22.5 Å². The van der Waals surface area contributed by atoms with Gasteiger partial charge in [0.15, 0.2) is 0 Å². The summed E-state index contributed by atoms with van der Waals surface area (Å²) >= 11 is 1.99. The monoisotopic (exact) mass is 278 g/mol. The highest BCUT2D eigenvalue weighted by Gasteiger charge is 2.26. The number of anilines is 1. The Morgan fingerprint density at radius 1 is 1.47 bits per heavy atom. The van der Waals surface area contributed by atoms with E-state index >= 15 is 0 Å². The molecule has 0 radical (unpaired) electrons. The Hall–Kier alpha value is -1.16. The maximum Gasteiger partial charge on any atom is 0.253 e. The molecule has 1 aromatic carbocycles. The average Bonchev–Trinajstić information content (AvgIpc) is 2.76. The van der Waals surface area contributed by atoms with E-state index in [4.69, 9.17) is 5.73 Å². The molecule has 0 spiro atoms. The Morgan fingerprint density at radius 3 is 2.95 bits per heavy atom. The quantitative estimate of drug-likeness (QED) is 0.833. The Bertz CT molecular complexity index is 461. The van der Waals surface area contributed by atoms with Gasteiger partial charge in [-0.25, -0.2) is 0 Å². The Morgan fingerprint density at radius 2 is 2.26 bits per heavy atom. The number of amides is 1. The Kier molecular flexibility index (Phi) is 4.75. The van der Waals surface area contributed by atoms with Gasteiger partial charge in [0.25, 0.3) is 5.91 Å². The molecule has 19 heavy (non-hydrogen) atoms. The first-order chi connectivity index (χ1) is 9.10. The number of carbonyl (C=O) groups excluding carboxylic acids is 1. The summed E-state index contributed by atoms with van der Waals surface area (Å²) in [6, 6.07) is 5.89. The summed E-state index contributed by atoms with van der Waals surface area (Å²) in [6.07, 6.45) is 3.36. The molecule has 2 unspecified atom stereocenters. The predicted molar refractivity (Wildman–Crippen MR) is 82.6 cm³/mol. The summed E-state index contributed by atoms with van der Waals surface area (Å²) in [5.74, 6) is 1.11. The van der Waals surface area contributed by atoms with Gasteiger partial charge in [0, 0.05) is 17.0 Å². The van der Waals surface area contributed by atoms with Gasteiger partial charge in [0.2, 0.25) is 0 Å². The summed E-state index contributed by atoms with van der Waals surface area (Å²) in [7, 11) is 0. The number of carbonyl (C=O) groups is 1.